The number of carbonyl (C=O) groups is 2. The molecule has 3 unspecified atom stereocenters. The van der Waals surface area contributed by atoms with Crippen molar-refractivity contribution < 1.29 is 24.5 Å². The van der Waals surface area contributed by atoms with Crippen LogP contribution in [0.4, 0.5) is 0 Å². The van der Waals surface area contributed by atoms with Crippen LogP contribution in [0.5, 0.6) is 0 Å². The highest BCUT2D eigenvalue weighted by Crippen LogP contribution is 2.17. The Bertz CT molecular complexity index is 889. The average Bonchev–Trinajstić information content (AvgIpc) is 3.19. The highest BCUT2D eigenvalue weighted by Gasteiger charge is 2.24. The molecule has 0 aliphatic heterocycles. The molecule has 0 aliphatic carbocycles. The molecule has 0 aromatic carbocycles. The van der Waals surface area contributed by atoms with Crippen molar-refractivity contribution in [1.82, 2.24) is 5.32 Å². The van der Waals surface area contributed by atoms with Gasteiger partial charge < -0.3 is 20.3 Å². The number of amides is 1. The summed E-state index contributed by atoms with van der Waals surface area (Å²) < 4.78 is 5.84. The summed E-state index contributed by atoms with van der Waals surface area (Å²) >= 11 is 0. The fraction of sp³-hybridized carbons (Fsp3) is 0.880. The van der Waals surface area contributed by atoms with Gasteiger partial charge in [0.05, 0.1) is 25.2 Å². The van der Waals surface area contributed by atoms with Crippen LogP contribution in [0.15, 0.2) is 24.3 Å². The molecule has 3 N–H and O–H groups in total. The molecule has 0 bridgehead atoms. The molecular weight excluding hydrogens is 695 g/mol. The molecule has 0 saturated carbocycles. The van der Waals surface area contributed by atoms with Gasteiger partial charge in [0.1, 0.15) is 6.10 Å². The van der Waals surface area contributed by atoms with Gasteiger partial charge in [-0.25, -0.2) is 0 Å². The molecule has 0 fully saturated rings. The monoisotopic (exact) mass is 790 g/mol. The predicted molar refractivity (Wildman–Crippen MR) is 241 cm³/mol. The van der Waals surface area contributed by atoms with E-state index in [0.717, 1.165) is 44.9 Å². The van der Waals surface area contributed by atoms with Crippen molar-refractivity contribution >= 4 is 11.9 Å². The lowest BCUT2D eigenvalue weighted by Crippen LogP contribution is -2.46. The van der Waals surface area contributed by atoms with Gasteiger partial charge in [0.2, 0.25) is 5.91 Å². The molecule has 330 valence electrons. The molecular formula is C50H95NO5. The minimum atomic E-state index is -0.790. The maximum atomic E-state index is 13.1. The highest BCUT2D eigenvalue weighted by atomic mass is 16.5. The van der Waals surface area contributed by atoms with E-state index in [1.165, 1.54) is 161 Å². The van der Waals surface area contributed by atoms with E-state index >= 15 is 0 Å². The van der Waals surface area contributed by atoms with E-state index in [1.54, 1.807) is 0 Å². The van der Waals surface area contributed by atoms with Gasteiger partial charge in [-0.1, -0.05) is 225 Å². The lowest BCUT2D eigenvalue weighted by Gasteiger charge is -2.24. The second kappa shape index (κ2) is 44.4. The second-order valence-electron chi connectivity index (χ2n) is 16.9. The SMILES string of the molecule is CCCCCCCC/C=C\C/C=C/CCC(=O)OC(CCCCCCCCC)CC(=O)NC(CO)C(O)CCCCCCCCCCCCCCCCCCC. The fourth-order valence-electron chi connectivity index (χ4n) is 7.54. The molecule has 0 aromatic rings. The number of aliphatic hydroxyl groups excluding tert-OH is 2. The van der Waals surface area contributed by atoms with Gasteiger partial charge in [0.25, 0.3) is 0 Å². The third-order valence-corrected chi connectivity index (χ3v) is 11.3. The number of aliphatic hydroxyl groups is 2. The van der Waals surface area contributed by atoms with Crippen LogP contribution in [0.1, 0.15) is 258 Å². The minimum Gasteiger partial charge on any atom is -0.462 e. The van der Waals surface area contributed by atoms with Gasteiger partial charge in [0.15, 0.2) is 0 Å². The van der Waals surface area contributed by atoms with Gasteiger partial charge in [-0.3, -0.25) is 9.59 Å². The standard InChI is InChI=1S/C50H95NO5/c1-4-7-10-13-16-18-20-22-23-24-25-27-28-30-33-36-39-42-48(53)47(45-52)51-49(54)44-46(41-38-35-32-15-12-9-6-3)56-50(55)43-40-37-34-31-29-26-21-19-17-14-11-8-5-2/h26,29,34,37,46-48,52-53H,4-25,27-28,30-33,35-36,38-45H2,1-3H3,(H,51,54)/b29-26-,37-34+. The number of allylic oxidation sites excluding steroid dienone is 4. The van der Waals surface area contributed by atoms with Crippen LogP contribution in [0.2, 0.25) is 0 Å². The van der Waals surface area contributed by atoms with Gasteiger partial charge in [-0.2, -0.15) is 0 Å². The number of esters is 1. The van der Waals surface area contributed by atoms with Crippen molar-refractivity contribution in [3.05, 3.63) is 24.3 Å². The van der Waals surface area contributed by atoms with Crippen molar-refractivity contribution in [1.29, 1.82) is 0 Å². The normalized spacial score (nSPS) is 13.4. The Labute approximate surface area is 348 Å². The Morgan fingerprint density at radius 2 is 0.911 bits per heavy atom. The Morgan fingerprint density at radius 3 is 1.36 bits per heavy atom. The largest absolute Gasteiger partial charge is 0.462 e. The Balaban J connectivity index is 4.39. The first-order valence-electron chi connectivity index (χ1n) is 24.6. The predicted octanol–water partition coefficient (Wildman–Crippen LogP) is 14.3. The molecule has 6 nitrogen and oxygen atoms in total. The Morgan fingerprint density at radius 1 is 0.518 bits per heavy atom. The number of carbonyl (C=O) groups excluding carboxylic acids is 2. The first-order valence-corrected chi connectivity index (χ1v) is 24.6. The molecule has 0 aliphatic rings. The number of unbranched alkanes of at least 4 members (excludes halogenated alkanes) is 28. The summed E-state index contributed by atoms with van der Waals surface area (Å²) in [5.41, 5.74) is 0. The first kappa shape index (κ1) is 54.3. The zero-order chi connectivity index (χ0) is 41.0. The number of nitrogens with one attached hydrogen (secondary N) is 1. The van der Waals surface area contributed by atoms with Crippen molar-refractivity contribution in [2.24, 2.45) is 0 Å². The Hall–Kier alpha value is -1.66. The lowest BCUT2D eigenvalue weighted by molar-refractivity contribution is -0.150. The molecule has 0 radical (unpaired) electrons. The number of rotatable bonds is 44. The highest BCUT2D eigenvalue weighted by molar-refractivity contribution is 5.77. The summed E-state index contributed by atoms with van der Waals surface area (Å²) in [7, 11) is 0. The first-order chi connectivity index (χ1) is 27.5. The summed E-state index contributed by atoms with van der Waals surface area (Å²) in [6, 6.07) is -0.705. The van der Waals surface area contributed by atoms with Crippen molar-refractivity contribution in [3.8, 4) is 0 Å². The van der Waals surface area contributed by atoms with Crippen molar-refractivity contribution in [2.75, 3.05) is 6.61 Å². The zero-order valence-corrected chi connectivity index (χ0v) is 37.5. The molecule has 1 amide bonds. The third-order valence-electron chi connectivity index (χ3n) is 11.3. The van der Waals surface area contributed by atoms with E-state index in [9.17, 15) is 19.8 Å². The maximum Gasteiger partial charge on any atom is 0.306 e. The molecule has 0 saturated heterocycles. The molecule has 56 heavy (non-hydrogen) atoms. The van der Waals surface area contributed by atoms with Crippen LogP contribution >= 0.6 is 0 Å². The molecule has 0 rings (SSSR count). The third kappa shape index (κ3) is 39.2. The van der Waals surface area contributed by atoms with Gasteiger partial charge in [-0.05, 0) is 44.9 Å². The molecule has 6 heteroatoms. The van der Waals surface area contributed by atoms with E-state index in [-0.39, 0.29) is 24.9 Å². The van der Waals surface area contributed by atoms with Crippen LogP contribution in [0, 0.1) is 0 Å². The summed E-state index contributed by atoms with van der Waals surface area (Å²) in [6.45, 7) is 6.44. The minimum absolute atomic E-state index is 0.0587. The van der Waals surface area contributed by atoms with Crippen molar-refractivity contribution in [3.63, 3.8) is 0 Å². The van der Waals surface area contributed by atoms with Crippen molar-refractivity contribution in [2.45, 2.75) is 277 Å². The van der Waals surface area contributed by atoms with Crippen LogP contribution in [-0.4, -0.2) is 46.9 Å². The second-order valence-corrected chi connectivity index (χ2v) is 16.9. The fourth-order valence-corrected chi connectivity index (χ4v) is 7.54. The number of ether oxygens (including phenoxy) is 1. The van der Waals surface area contributed by atoms with Crippen LogP contribution in [-0.2, 0) is 14.3 Å². The van der Waals surface area contributed by atoms with E-state index in [0.29, 0.717) is 25.7 Å². The van der Waals surface area contributed by atoms with Crippen LogP contribution in [0.25, 0.3) is 0 Å². The number of hydrogen-bond acceptors (Lipinski definition) is 5. The lowest BCUT2D eigenvalue weighted by atomic mass is 10.0. The molecule has 3 atom stereocenters. The zero-order valence-electron chi connectivity index (χ0n) is 37.5. The summed E-state index contributed by atoms with van der Waals surface area (Å²) in [6.07, 6.45) is 49.8. The van der Waals surface area contributed by atoms with Crippen LogP contribution < -0.4 is 5.32 Å². The van der Waals surface area contributed by atoms with E-state index in [1.807, 2.05) is 6.08 Å². The van der Waals surface area contributed by atoms with Gasteiger partial charge in [0, 0.05) is 6.42 Å². The molecule has 0 aromatic heterocycles. The molecule has 0 heterocycles. The summed E-state index contributed by atoms with van der Waals surface area (Å²) in [5, 5.41) is 23.7. The van der Waals surface area contributed by atoms with Gasteiger partial charge >= 0.3 is 5.97 Å². The Kier molecular flexibility index (Phi) is 43.1. The van der Waals surface area contributed by atoms with Crippen LogP contribution in [0.3, 0.4) is 0 Å². The van der Waals surface area contributed by atoms with E-state index < -0.39 is 18.2 Å². The number of hydrogen-bond donors (Lipinski definition) is 3. The van der Waals surface area contributed by atoms with E-state index in [4.69, 9.17) is 4.74 Å². The maximum absolute atomic E-state index is 13.1. The quantitative estimate of drug-likeness (QED) is 0.0324. The summed E-state index contributed by atoms with van der Waals surface area (Å²) in [4.78, 5) is 25.9. The van der Waals surface area contributed by atoms with E-state index in [2.05, 4.69) is 44.3 Å². The average molecular weight is 790 g/mol. The summed E-state index contributed by atoms with van der Waals surface area (Å²) in [5.74, 6) is -0.551. The van der Waals surface area contributed by atoms with Gasteiger partial charge in [-0.15, -0.1) is 0 Å². The smallest absolute Gasteiger partial charge is 0.306 e. The topological polar surface area (TPSA) is 95.9 Å². The molecule has 0 spiro atoms.